The van der Waals surface area contributed by atoms with Crippen LogP contribution in [0.25, 0.3) is 0 Å². The fourth-order valence-corrected chi connectivity index (χ4v) is 4.72. The second kappa shape index (κ2) is 2.99. The second-order valence-corrected chi connectivity index (χ2v) is 14.8. The average Bonchev–Trinajstić information content (AvgIpc) is 2.38. The molecule has 1 aliphatic carbocycles. The van der Waals surface area contributed by atoms with Gasteiger partial charge in [-0.2, -0.15) is 0 Å². The molecule has 0 aromatic rings. The molecule has 1 nitrogen and oxygen atoms in total. The van der Waals surface area contributed by atoms with Gasteiger partial charge in [0.25, 0.3) is 0 Å². The zero-order chi connectivity index (χ0) is 8.54. The first-order chi connectivity index (χ1) is 5.02. The summed E-state index contributed by atoms with van der Waals surface area (Å²) >= 11 is -2.27. The van der Waals surface area contributed by atoms with Crippen molar-refractivity contribution in [2.75, 3.05) is 7.11 Å². The van der Waals surface area contributed by atoms with E-state index >= 15 is 0 Å². The SMILES string of the molecule is C[O][Zr]([CH3])([CH3])[C]1(C)C=CC=C1. The molecule has 0 unspecified atom stereocenters. The van der Waals surface area contributed by atoms with E-state index in [0.29, 0.717) is 0 Å². The van der Waals surface area contributed by atoms with Crippen LogP contribution < -0.4 is 0 Å². The monoisotopic (exact) mass is 230 g/mol. The number of allylic oxidation sites excluding steroid dienone is 4. The quantitative estimate of drug-likeness (QED) is 0.709. The molecule has 0 N–H and O–H groups in total. The van der Waals surface area contributed by atoms with Crippen LogP contribution in [0, 0.1) is 0 Å². The molecule has 2 heteroatoms. The molecule has 0 atom stereocenters. The van der Waals surface area contributed by atoms with E-state index in [0.717, 1.165) is 0 Å². The molecule has 0 radical (unpaired) electrons. The molecule has 0 saturated carbocycles. The van der Waals surface area contributed by atoms with Crippen molar-refractivity contribution in [2.24, 2.45) is 0 Å². The van der Waals surface area contributed by atoms with Gasteiger partial charge in [-0.1, -0.05) is 0 Å². The Hall–Kier alpha value is 0.323. The van der Waals surface area contributed by atoms with Crippen molar-refractivity contribution in [1.82, 2.24) is 0 Å². The maximum atomic E-state index is 5.63. The van der Waals surface area contributed by atoms with Gasteiger partial charge in [-0.3, -0.25) is 0 Å². The maximum absolute atomic E-state index is 5.63. The third kappa shape index (κ3) is 1.57. The molecule has 0 saturated heterocycles. The van der Waals surface area contributed by atoms with Crippen molar-refractivity contribution < 1.29 is 23.5 Å². The Morgan fingerprint density at radius 1 is 1.18 bits per heavy atom. The van der Waals surface area contributed by atoms with Gasteiger partial charge in [-0.25, -0.2) is 0 Å². The van der Waals surface area contributed by atoms with Gasteiger partial charge in [0.2, 0.25) is 0 Å². The summed E-state index contributed by atoms with van der Waals surface area (Å²) in [4.78, 5) is 0. The van der Waals surface area contributed by atoms with Crippen LogP contribution >= 0.6 is 0 Å². The fraction of sp³-hybridized carbons (Fsp3) is 0.556. The Morgan fingerprint density at radius 2 is 1.64 bits per heavy atom. The van der Waals surface area contributed by atoms with E-state index in [-0.39, 0.29) is 3.12 Å². The van der Waals surface area contributed by atoms with Crippen LogP contribution in [0.5, 0.6) is 0 Å². The molecule has 0 heterocycles. The first kappa shape index (κ1) is 9.41. The van der Waals surface area contributed by atoms with Gasteiger partial charge in [-0.15, -0.1) is 0 Å². The zero-order valence-corrected chi connectivity index (χ0v) is 10.2. The third-order valence-electron chi connectivity index (χ3n) is 2.80. The normalized spacial score (nSPS) is 21.1. The Balaban J connectivity index is 2.88. The van der Waals surface area contributed by atoms with E-state index in [1.807, 2.05) is 7.11 Å². The molecular formula is C9H16OZr. The molecule has 0 fully saturated rings. The molecule has 11 heavy (non-hydrogen) atoms. The Bertz CT molecular complexity index is 192. The molecule has 0 bridgehead atoms. The van der Waals surface area contributed by atoms with Crippen molar-refractivity contribution in [2.45, 2.75) is 19.3 Å². The number of hydrogen-bond acceptors (Lipinski definition) is 1. The molecule has 0 spiro atoms. The van der Waals surface area contributed by atoms with Crippen LogP contribution in [-0.4, -0.2) is 7.11 Å². The fourth-order valence-electron chi connectivity index (χ4n) is 1.19. The van der Waals surface area contributed by atoms with Crippen LogP contribution in [0.1, 0.15) is 6.92 Å². The van der Waals surface area contributed by atoms with Crippen LogP contribution in [0.15, 0.2) is 24.3 Å². The van der Waals surface area contributed by atoms with Gasteiger partial charge in [0.1, 0.15) is 0 Å². The minimum absolute atomic E-state index is 0.267. The summed E-state index contributed by atoms with van der Waals surface area (Å²) in [6.07, 6.45) is 8.79. The third-order valence-corrected chi connectivity index (χ3v) is 12.5. The summed E-state index contributed by atoms with van der Waals surface area (Å²) in [5.41, 5.74) is 0. The molecule has 0 amide bonds. The van der Waals surface area contributed by atoms with Crippen molar-refractivity contribution in [3.8, 4) is 0 Å². The van der Waals surface area contributed by atoms with Crippen LogP contribution in [0.2, 0.25) is 12.4 Å². The molecule has 1 aliphatic rings. The summed E-state index contributed by atoms with van der Waals surface area (Å²) in [5.74, 6) is 0. The first-order valence-corrected chi connectivity index (χ1v) is 11.1. The predicted molar refractivity (Wildman–Crippen MR) is 45.4 cm³/mol. The Morgan fingerprint density at radius 3 is 2.00 bits per heavy atom. The molecule has 0 aliphatic heterocycles. The summed E-state index contributed by atoms with van der Waals surface area (Å²) in [5, 5.41) is 0. The van der Waals surface area contributed by atoms with Crippen molar-refractivity contribution in [1.29, 1.82) is 0 Å². The van der Waals surface area contributed by atoms with Crippen molar-refractivity contribution >= 4 is 0 Å². The van der Waals surface area contributed by atoms with E-state index in [9.17, 15) is 0 Å². The molecule has 0 aromatic carbocycles. The van der Waals surface area contributed by atoms with E-state index in [4.69, 9.17) is 2.81 Å². The van der Waals surface area contributed by atoms with Gasteiger partial charge < -0.3 is 0 Å². The van der Waals surface area contributed by atoms with Crippen molar-refractivity contribution in [3.63, 3.8) is 0 Å². The number of hydrogen-bond donors (Lipinski definition) is 0. The van der Waals surface area contributed by atoms with Crippen LogP contribution in [0.4, 0.5) is 0 Å². The first-order valence-electron chi connectivity index (χ1n) is 3.94. The van der Waals surface area contributed by atoms with Crippen LogP contribution in [-0.2, 0) is 23.5 Å². The Labute approximate surface area is 74.2 Å². The van der Waals surface area contributed by atoms with Crippen LogP contribution in [0.3, 0.4) is 0 Å². The molecule has 62 valence electrons. The topological polar surface area (TPSA) is 9.23 Å². The van der Waals surface area contributed by atoms with E-state index in [1.165, 1.54) is 0 Å². The summed E-state index contributed by atoms with van der Waals surface area (Å²) in [6.45, 7) is 2.27. The standard InChI is InChI=1S/C6H7.CH3O.2CH3.Zr/c1-6-4-2-3-5-6;1-2;;;/h2-5H,1H3;1H3;2*1H3;/q;-1;;;+1. The summed E-state index contributed by atoms with van der Waals surface area (Å²) in [7, 11) is 1.85. The average molecular weight is 231 g/mol. The minimum atomic E-state index is -2.27. The molecule has 1 rings (SSSR count). The van der Waals surface area contributed by atoms with Gasteiger partial charge in [0, 0.05) is 0 Å². The Kier molecular flexibility index (Phi) is 2.56. The van der Waals surface area contributed by atoms with Gasteiger partial charge in [-0.05, 0) is 0 Å². The molecule has 0 aromatic heterocycles. The van der Waals surface area contributed by atoms with Gasteiger partial charge in [0.15, 0.2) is 0 Å². The second-order valence-electron chi connectivity index (χ2n) is 3.72. The zero-order valence-electron chi connectivity index (χ0n) is 7.72. The predicted octanol–water partition coefficient (Wildman–Crippen LogP) is 3.10. The van der Waals surface area contributed by atoms with E-state index in [1.54, 1.807) is 0 Å². The van der Waals surface area contributed by atoms with Gasteiger partial charge >= 0.3 is 74.2 Å². The summed E-state index contributed by atoms with van der Waals surface area (Å²) < 4.78 is 10.5. The molecular weight excluding hydrogens is 215 g/mol. The van der Waals surface area contributed by atoms with E-state index in [2.05, 4.69) is 40.5 Å². The summed E-state index contributed by atoms with van der Waals surface area (Å²) in [6, 6.07) is 0. The van der Waals surface area contributed by atoms with Gasteiger partial charge in [0.05, 0.1) is 0 Å². The van der Waals surface area contributed by atoms with E-state index < -0.39 is 20.7 Å². The van der Waals surface area contributed by atoms with Crippen molar-refractivity contribution in [3.05, 3.63) is 24.3 Å². The number of rotatable bonds is 2.